The lowest BCUT2D eigenvalue weighted by molar-refractivity contribution is 0.0293. The molecule has 5 nitrogen and oxygen atoms in total. The van der Waals surface area contributed by atoms with E-state index < -0.39 is 0 Å². The summed E-state index contributed by atoms with van der Waals surface area (Å²) in [6, 6.07) is 1.02. The second-order valence-electron chi connectivity index (χ2n) is 4.53. The maximum absolute atomic E-state index is 9.66. The molecule has 1 aromatic heterocycles. The molecule has 0 saturated carbocycles. The van der Waals surface area contributed by atoms with Crippen LogP contribution in [0.2, 0.25) is 0 Å². The summed E-state index contributed by atoms with van der Waals surface area (Å²) in [6.07, 6.45) is 5.45. The van der Waals surface area contributed by atoms with E-state index in [-0.39, 0.29) is 6.10 Å². The lowest BCUT2D eigenvalue weighted by Gasteiger charge is -2.36. The highest BCUT2D eigenvalue weighted by molar-refractivity contribution is 4.97. The van der Waals surface area contributed by atoms with Gasteiger partial charge in [-0.2, -0.15) is 4.98 Å². The van der Waals surface area contributed by atoms with Crippen molar-refractivity contribution in [1.29, 1.82) is 0 Å². The molecule has 15 heavy (non-hydrogen) atoms. The Labute approximate surface area is 88.1 Å². The van der Waals surface area contributed by atoms with Gasteiger partial charge in [0.1, 0.15) is 0 Å². The van der Waals surface area contributed by atoms with E-state index in [1.807, 2.05) is 0 Å². The summed E-state index contributed by atoms with van der Waals surface area (Å²) >= 11 is 0. The minimum atomic E-state index is -0.107. The Hall–Kier alpha value is -0.940. The molecule has 0 aromatic carbocycles. The van der Waals surface area contributed by atoms with E-state index >= 15 is 0 Å². The van der Waals surface area contributed by atoms with Gasteiger partial charge in [0.25, 0.3) is 0 Å². The molecule has 2 unspecified atom stereocenters. The van der Waals surface area contributed by atoms with Crippen molar-refractivity contribution in [1.82, 2.24) is 15.0 Å². The van der Waals surface area contributed by atoms with Crippen LogP contribution in [0.4, 0.5) is 0 Å². The molecule has 0 spiro atoms. The van der Waals surface area contributed by atoms with Crippen LogP contribution in [0.5, 0.6) is 0 Å². The average Bonchev–Trinajstić information content (AvgIpc) is 2.77. The van der Waals surface area contributed by atoms with Gasteiger partial charge >= 0.3 is 0 Å². The van der Waals surface area contributed by atoms with Crippen LogP contribution >= 0.6 is 0 Å². The average molecular weight is 209 g/mol. The summed E-state index contributed by atoms with van der Waals surface area (Å²) in [5, 5.41) is 13.5. The first-order valence-electron chi connectivity index (χ1n) is 5.52. The van der Waals surface area contributed by atoms with E-state index in [0.29, 0.717) is 12.1 Å². The maximum Gasteiger partial charge on any atom is 0.213 e. The molecule has 0 amide bonds. The predicted octanol–water partition coefficient (Wildman–Crippen LogP) is 0.557. The lowest BCUT2D eigenvalue weighted by atomic mass is 10.00. The first-order chi connectivity index (χ1) is 7.33. The topological polar surface area (TPSA) is 62.4 Å². The van der Waals surface area contributed by atoms with Crippen LogP contribution < -0.4 is 0 Å². The van der Waals surface area contributed by atoms with Crippen molar-refractivity contribution in [2.24, 2.45) is 0 Å². The molecule has 5 heteroatoms. The molecule has 0 aliphatic carbocycles. The number of nitrogens with zero attached hydrogens (tertiary/aromatic N) is 3. The normalized spacial score (nSPS) is 35.9. The lowest BCUT2D eigenvalue weighted by Crippen LogP contribution is -2.44. The van der Waals surface area contributed by atoms with Crippen LogP contribution in [0.3, 0.4) is 0 Å². The highest BCUT2D eigenvalue weighted by Gasteiger charge is 2.40. The number of aliphatic hydroxyl groups is 1. The Morgan fingerprint density at radius 3 is 2.73 bits per heavy atom. The SMILES string of the molecule is OC1CC2CCC(C1)N2Cc1ncon1. The molecule has 2 atom stereocenters. The number of fused-ring (bicyclic) bond motifs is 2. The number of aliphatic hydroxyl groups excluding tert-OH is 1. The fraction of sp³-hybridized carbons (Fsp3) is 0.800. The van der Waals surface area contributed by atoms with Crippen molar-refractivity contribution in [3.05, 3.63) is 12.2 Å². The molecular formula is C10H15N3O2. The third kappa shape index (κ3) is 1.66. The van der Waals surface area contributed by atoms with Crippen molar-refractivity contribution in [2.45, 2.75) is 50.4 Å². The third-order valence-corrected chi connectivity index (χ3v) is 3.59. The van der Waals surface area contributed by atoms with Gasteiger partial charge in [-0.1, -0.05) is 5.16 Å². The van der Waals surface area contributed by atoms with Crippen LogP contribution in [0.25, 0.3) is 0 Å². The maximum atomic E-state index is 9.66. The zero-order valence-corrected chi connectivity index (χ0v) is 8.54. The second kappa shape index (κ2) is 3.57. The Morgan fingerprint density at radius 1 is 1.40 bits per heavy atom. The van der Waals surface area contributed by atoms with Gasteiger partial charge in [-0.25, -0.2) is 0 Å². The van der Waals surface area contributed by atoms with Crippen LogP contribution in [0.1, 0.15) is 31.5 Å². The molecule has 2 bridgehead atoms. The highest BCUT2D eigenvalue weighted by atomic mass is 16.5. The minimum Gasteiger partial charge on any atom is -0.393 e. The van der Waals surface area contributed by atoms with Crippen molar-refractivity contribution in [3.8, 4) is 0 Å². The molecular weight excluding hydrogens is 194 g/mol. The van der Waals surface area contributed by atoms with Crippen molar-refractivity contribution in [3.63, 3.8) is 0 Å². The number of rotatable bonds is 2. The number of hydrogen-bond donors (Lipinski definition) is 1. The molecule has 2 fully saturated rings. The molecule has 1 N–H and O–H groups in total. The first kappa shape index (κ1) is 9.30. The fourth-order valence-electron chi connectivity index (χ4n) is 2.93. The molecule has 2 aliphatic heterocycles. The van der Waals surface area contributed by atoms with Crippen LogP contribution in [0.15, 0.2) is 10.9 Å². The Kier molecular flexibility index (Phi) is 2.21. The quantitative estimate of drug-likeness (QED) is 0.771. The largest absolute Gasteiger partial charge is 0.393 e. The van der Waals surface area contributed by atoms with E-state index in [1.165, 1.54) is 19.2 Å². The molecule has 3 heterocycles. The van der Waals surface area contributed by atoms with Gasteiger partial charge in [0, 0.05) is 12.1 Å². The number of piperidine rings is 1. The summed E-state index contributed by atoms with van der Waals surface area (Å²) in [5.74, 6) is 0.753. The van der Waals surface area contributed by atoms with Crippen molar-refractivity contribution < 1.29 is 9.63 Å². The van der Waals surface area contributed by atoms with E-state index in [0.717, 1.165) is 25.2 Å². The predicted molar refractivity (Wildman–Crippen MR) is 51.9 cm³/mol. The van der Waals surface area contributed by atoms with Crippen molar-refractivity contribution in [2.75, 3.05) is 0 Å². The minimum absolute atomic E-state index is 0.107. The fourth-order valence-corrected chi connectivity index (χ4v) is 2.93. The Bertz CT molecular complexity index is 313. The monoisotopic (exact) mass is 209 g/mol. The summed E-state index contributed by atoms with van der Waals surface area (Å²) < 4.78 is 4.73. The highest BCUT2D eigenvalue weighted by Crippen LogP contribution is 2.36. The van der Waals surface area contributed by atoms with Crippen molar-refractivity contribution >= 4 is 0 Å². The van der Waals surface area contributed by atoms with Gasteiger partial charge in [-0.05, 0) is 25.7 Å². The first-order valence-corrected chi connectivity index (χ1v) is 5.52. The molecule has 82 valence electrons. The summed E-state index contributed by atoms with van der Waals surface area (Å²) in [7, 11) is 0. The van der Waals surface area contributed by atoms with Crippen LogP contribution in [-0.4, -0.2) is 38.3 Å². The second-order valence-corrected chi connectivity index (χ2v) is 4.53. The van der Waals surface area contributed by atoms with E-state index in [9.17, 15) is 5.11 Å². The zero-order chi connectivity index (χ0) is 10.3. The van der Waals surface area contributed by atoms with Crippen LogP contribution in [0, 0.1) is 0 Å². The van der Waals surface area contributed by atoms with Gasteiger partial charge in [-0.15, -0.1) is 0 Å². The van der Waals surface area contributed by atoms with Gasteiger partial charge in [0.15, 0.2) is 5.82 Å². The standard InChI is InChI=1S/C10H15N3O2/c14-9-3-7-1-2-8(4-9)13(7)5-10-11-6-15-12-10/h6-9,14H,1-5H2. The number of hydrogen-bond acceptors (Lipinski definition) is 5. The van der Waals surface area contributed by atoms with E-state index in [1.54, 1.807) is 0 Å². The van der Waals surface area contributed by atoms with E-state index in [2.05, 4.69) is 15.0 Å². The summed E-state index contributed by atoms with van der Waals surface area (Å²) in [6.45, 7) is 0.762. The van der Waals surface area contributed by atoms with Gasteiger partial charge in [0.2, 0.25) is 6.39 Å². The summed E-state index contributed by atoms with van der Waals surface area (Å²) in [4.78, 5) is 6.46. The molecule has 3 rings (SSSR count). The molecule has 0 radical (unpaired) electrons. The molecule has 2 aliphatic rings. The van der Waals surface area contributed by atoms with Gasteiger partial charge < -0.3 is 9.63 Å². The van der Waals surface area contributed by atoms with E-state index in [4.69, 9.17) is 4.52 Å². The Morgan fingerprint density at radius 2 is 2.13 bits per heavy atom. The molecule has 2 saturated heterocycles. The Balaban J connectivity index is 1.72. The molecule has 1 aromatic rings. The summed E-state index contributed by atoms with van der Waals surface area (Å²) in [5.41, 5.74) is 0. The van der Waals surface area contributed by atoms with Gasteiger partial charge in [0.05, 0.1) is 12.6 Å². The third-order valence-electron chi connectivity index (χ3n) is 3.59. The van der Waals surface area contributed by atoms with Crippen LogP contribution in [-0.2, 0) is 6.54 Å². The zero-order valence-electron chi connectivity index (χ0n) is 8.54. The smallest absolute Gasteiger partial charge is 0.213 e. The van der Waals surface area contributed by atoms with Gasteiger partial charge in [-0.3, -0.25) is 4.90 Å². The number of aromatic nitrogens is 2.